The summed E-state index contributed by atoms with van der Waals surface area (Å²) in [5.74, 6) is 4.35. The van der Waals surface area contributed by atoms with Crippen molar-refractivity contribution in [2.24, 2.45) is 0 Å². The summed E-state index contributed by atoms with van der Waals surface area (Å²) >= 11 is 0. The lowest BCUT2D eigenvalue weighted by Gasteiger charge is -1.94. The quantitative estimate of drug-likeness (QED) is 0.360. The zero-order valence-electron chi connectivity index (χ0n) is 7.20. The maximum Gasteiger partial charge on any atom is 0.384 e. The Morgan fingerprint density at radius 1 is 1.46 bits per heavy atom. The van der Waals surface area contributed by atoms with Crippen LogP contribution in [0.25, 0.3) is 0 Å². The average molecular weight is 175 g/mol. The molecule has 0 aliphatic rings. The van der Waals surface area contributed by atoms with Gasteiger partial charge in [-0.2, -0.15) is 0 Å². The lowest BCUT2D eigenvalue weighted by Crippen LogP contribution is -1.95. The molecule has 0 aromatic heterocycles. The first-order valence-electron chi connectivity index (χ1n) is 3.68. The Hall–Kier alpha value is -1.95. The predicted molar refractivity (Wildman–Crippen MR) is 49.7 cm³/mol. The van der Waals surface area contributed by atoms with Gasteiger partial charge in [-0.1, -0.05) is 18.1 Å². The van der Waals surface area contributed by atoms with Crippen LogP contribution in [0.2, 0.25) is 0 Å². The maximum atomic E-state index is 10.7. The molecule has 1 rings (SSSR count). The Morgan fingerprint density at radius 3 is 2.77 bits per heavy atom. The van der Waals surface area contributed by atoms with Gasteiger partial charge < -0.3 is 10.5 Å². The monoisotopic (exact) mass is 175 g/mol. The van der Waals surface area contributed by atoms with Crippen molar-refractivity contribution in [3.63, 3.8) is 0 Å². The lowest BCUT2D eigenvalue weighted by atomic mass is 10.2. The number of ether oxygens (including phenoxy) is 1. The summed E-state index contributed by atoms with van der Waals surface area (Å²) in [5.41, 5.74) is 6.78. The second-order valence-corrected chi connectivity index (χ2v) is 2.33. The Morgan fingerprint density at radius 2 is 2.15 bits per heavy atom. The van der Waals surface area contributed by atoms with Crippen LogP contribution in [0, 0.1) is 11.8 Å². The van der Waals surface area contributed by atoms with Gasteiger partial charge in [0.2, 0.25) is 0 Å². The minimum absolute atomic E-state index is 0.555. The Labute approximate surface area is 76.5 Å². The van der Waals surface area contributed by atoms with Crippen LogP contribution in [0.1, 0.15) is 5.56 Å². The minimum atomic E-state index is -0.566. The van der Waals surface area contributed by atoms with Gasteiger partial charge in [0.15, 0.2) is 0 Å². The first-order valence-corrected chi connectivity index (χ1v) is 3.68. The smallest absolute Gasteiger partial charge is 0.384 e. The molecule has 0 heterocycles. The highest BCUT2D eigenvalue weighted by Gasteiger charge is 1.93. The summed E-state index contributed by atoms with van der Waals surface area (Å²) < 4.78 is 4.36. The van der Waals surface area contributed by atoms with E-state index in [1.54, 1.807) is 24.3 Å². The van der Waals surface area contributed by atoms with Crippen molar-refractivity contribution in [2.75, 3.05) is 12.8 Å². The van der Waals surface area contributed by atoms with E-state index in [-0.39, 0.29) is 0 Å². The molecule has 0 amide bonds. The van der Waals surface area contributed by atoms with Crippen LogP contribution in [0.4, 0.5) is 5.69 Å². The van der Waals surface area contributed by atoms with Crippen molar-refractivity contribution >= 4 is 11.7 Å². The van der Waals surface area contributed by atoms with Crippen molar-refractivity contribution < 1.29 is 9.53 Å². The number of methoxy groups -OCH3 is 1. The molecule has 0 unspecified atom stereocenters. The van der Waals surface area contributed by atoms with Crippen LogP contribution in [0.15, 0.2) is 24.3 Å². The van der Waals surface area contributed by atoms with Gasteiger partial charge in [0.1, 0.15) is 0 Å². The number of nitrogens with two attached hydrogens (primary N) is 1. The highest BCUT2D eigenvalue weighted by molar-refractivity contribution is 5.89. The van der Waals surface area contributed by atoms with E-state index in [4.69, 9.17) is 5.73 Å². The second kappa shape index (κ2) is 4.17. The number of hydrogen-bond acceptors (Lipinski definition) is 3. The first kappa shape index (κ1) is 9.14. The van der Waals surface area contributed by atoms with E-state index in [1.165, 1.54) is 7.11 Å². The molecule has 0 fully saturated rings. The number of carbonyl (C=O) groups excluding carboxylic acids is 1. The van der Waals surface area contributed by atoms with Gasteiger partial charge in [0.25, 0.3) is 0 Å². The second-order valence-electron chi connectivity index (χ2n) is 2.33. The van der Waals surface area contributed by atoms with Crippen LogP contribution in [0.3, 0.4) is 0 Å². The zero-order valence-corrected chi connectivity index (χ0v) is 7.20. The van der Waals surface area contributed by atoms with E-state index in [0.29, 0.717) is 11.3 Å². The van der Waals surface area contributed by atoms with Crippen molar-refractivity contribution in [2.45, 2.75) is 0 Å². The highest BCUT2D eigenvalue weighted by atomic mass is 16.5. The zero-order chi connectivity index (χ0) is 9.68. The molecular weight excluding hydrogens is 166 g/mol. The molecule has 13 heavy (non-hydrogen) atoms. The Balaban J connectivity index is 2.89. The summed E-state index contributed by atoms with van der Waals surface area (Å²) in [6.45, 7) is 0. The number of anilines is 1. The van der Waals surface area contributed by atoms with Gasteiger partial charge in [-0.3, -0.25) is 0 Å². The molecule has 3 nitrogen and oxygen atoms in total. The Bertz CT molecular complexity index is 374. The third kappa shape index (κ3) is 2.53. The van der Waals surface area contributed by atoms with Crippen molar-refractivity contribution in [3.05, 3.63) is 29.8 Å². The fraction of sp³-hybridized carbons (Fsp3) is 0.100. The number of esters is 1. The molecule has 66 valence electrons. The molecule has 3 heteroatoms. The van der Waals surface area contributed by atoms with Crippen LogP contribution in [-0.4, -0.2) is 13.1 Å². The van der Waals surface area contributed by atoms with Crippen LogP contribution >= 0.6 is 0 Å². The van der Waals surface area contributed by atoms with E-state index in [1.807, 2.05) is 0 Å². The topological polar surface area (TPSA) is 52.3 Å². The van der Waals surface area contributed by atoms with Crippen molar-refractivity contribution in [1.82, 2.24) is 0 Å². The molecule has 0 saturated heterocycles. The normalized spacial score (nSPS) is 8.38. The summed E-state index contributed by atoms with van der Waals surface area (Å²) in [4.78, 5) is 10.7. The fourth-order valence-corrected chi connectivity index (χ4v) is 0.780. The van der Waals surface area contributed by atoms with Crippen molar-refractivity contribution in [3.8, 4) is 11.8 Å². The highest BCUT2D eigenvalue weighted by Crippen LogP contribution is 2.07. The van der Waals surface area contributed by atoms with E-state index < -0.39 is 5.97 Å². The lowest BCUT2D eigenvalue weighted by molar-refractivity contribution is -0.133. The standard InChI is InChI=1S/C10H9NO2/c1-13-10(12)7-6-8-4-2-3-5-9(8)11/h2-5H,11H2,1H3. The number of nitrogen functional groups attached to an aromatic ring is 1. The summed E-state index contributed by atoms with van der Waals surface area (Å²) in [5, 5.41) is 0. The minimum Gasteiger partial charge on any atom is -0.459 e. The van der Waals surface area contributed by atoms with Gasteiger partial charge in [-0.05, 0) is 12.1 Å². The van der Waals surface area contributed by atoms with Crippen molar-refractivity contribution in [1.29, 1.82) is 0 Å². The SMILES string of the molecule is COC(=O)C#Cc1ccccc1N. The molecule has 0 aliphatic carbocycles. The van der Waals surface area contributed by atoms with E-state index in [0.717, 1.165) is 0 Å². The summed E-state index contributed by atoms with van der Waals surface area (Å²) in [6, 6.07) is 7.07. The van der Waals surface area contributed by atoms with Gasteiger partial charge >= 0.3 is 5.97 Å². The first-order chi connectivity index (χ1) is 6.24. The predicted octanol–water partition coefficient (Wildman–Crippen LogP) is 0.793. The molecule has 0 radical (unpaired) electrons. The third-order valence-corrected chi connectivity index (χ3v) is 1.45. The van der Waals surface area contributed by atoms with Gasteiger partial charge in [0, 0.05) is 17.2 Å². The van der Waals surface area contributed by atoms with E-state index in [9.17, 15) is 4.79 Å². The number of carbonyl (C=O) groups is 1. The van der Waals surface area contributed by atoms with Gasteiger partial charge in [0.05, 0.1) is 7.11 Å². The molecular formula is C10H9NO2. The molecule has 0 atom stereocenters. The maximum absolute atomic E-state index is 10.7. The Kier molecular flexibility index (Phi) is 2.93. The molecule has 1 aromatic rings. The number of rotatable bonds is 0. The molecule has 1 aromatic carbocycles. The molecule has 2 N–H and O–H groups in total. The largest absolute Gasteiger partial charge is 0.459 e. The van der Waals surface area contributed by atoms with Crippen LogP contribution in [-0.2, 0) is 9.53 Å². The molecule has 0 saturated carbocycles. The molecule has 0 aliphatic heterocycles. The fourth-order valence-electron chi connectivity index (χ4n) is 0.780. The van der Waals surface area contributed by atoms with Gasteiger partial charge in [-0.15, -0.1) is 0 Å². The van der Waals surface area contributed by atoms with Gasteiger partial charge in [-0.25, -0.2) is 4.79 Å². The van der Waals surface area contributed by atoms with Crippen LogP contribution in [0.5, 0.6) is 0 Å². The number of benzene rings is 1. The summed E-state index contributed by atoms with van der Waals surface area (Å²) in [6.07, 6.45) is 0. The summed E-state index contributed by atoms with van der Waals surface area (Å²) in [7, 11) is 1.28. The number of para-hydroxylation sites is 1. The van der Waals surface area contributed by atoms with E-state index in [2.05, 4.69) is 16.6 Å². The molecule has 0 bridgehead atoms. The van der Waals surface area contributed by atoms with E-state index >= 15 is 0 Å². The van der Waals surface area contributed by atoms with Crippen LogP contribution < -0.4 is 5.73 Å². The average Bonchev–Trinajstić information content (AvgIpc) is 2.16. The molecule has 0 spiro atoms. The third-order valence-electron chi connectivity index (χ3n) is 1.45. The number of hydrogen-bond donors (Lipinski definition) is 1.